The lowest BCUT2D eigenvalue weighted by Gasteiger charge is -2.25. The highest BCUT2D eigenvalue weighted by molar-refractivity contribution is 6.17. The average molecular weight is 813 g/mol. The molecule has 310 valence electrons. The third-order valence-electron chi connectivity index (χ3n) is 15.1. The number of nitrogens with zero attached hydrogens (tertiary/aromatic N) is 2. The van der Waals surface area contributed by atoms with Crippen molar-refractivity contribution in [1.29, 1.82) is 0 Å². The molecule has 0 radical (unpaired) electrons. The Morgan fingerprint density at radius 3 is 0.867 bits per heavy atom. The quantitative estimate of drug-likeness (QED) is 0.157. The van der Waals surface area contributed by atoms with E-state index in [1.54, 1.807) is 9.13 Å². The summed E-state index contributed by atoms with van der Waals surface area (Å²) in [6.45, 7) is 32.4. The van der Waals surface area contributed by atoms with Crippen molar-refractivity contribution in [2.24, 2.45) is 0 Å². The van der Waals surface area contributed by atoms with E-state index in [4.69, 9.17) is 0 Å². The minimum absolute atomic E-state index is 0.0152. The Labute approximate surface area is 349 Å². The van der Waals surface area contributed by atoms with E-state index in [-0.39, 0.29) is 22.5 Å². The van der Waals surface area contributed by atoms with Crippen LogP contribution < -0.4 is 0 Å². The van der Waals surface area contributed by atoms with Crippen LogP contribution >= 0.6 is 0 Å². The molecule has 0 aliphatic rings. The minimum atomic E-state index is -4.93. The van der Waals surface area contributed by atoms with Gasteiger partial charge in [-0.05, 0) is 230 Å². The van der Waals surface area contributed by atoms with Crippen molar-refractivity contribution in [2.45, 2.75) is 117 Å². The molecule has 7 heteroatoms. The summed E-state index contributed by atoms with van der Waals surface area (Å²) in [5, 5.41) is 3.55. The van der Waals surface area contributed by atoms with Gasteiger partial charge < -0.3 is 9.13 Å². The lowest BCUT2D eigenvalue weighted by atomic mass is 9.90. The second-order valence-electron chi connectivity index (χ2n) is 17.5. The molecule has 0 spiro atoms. The fraction of sp³-hybridized carbons (Fsp3) is 0.321. The van der Waals surface area contributed by atoms with Gasteiger partial charge in [0.25, 0.3) is 0 Å². The van der Waals surface area contributed by atoms with Crippen molar-refractivity contribution in [3.63, 3.8) is 0 Å². The number of aryl methyl sites for hydroxylation is 8. The Bertz CT molecular complexity index is 2900. The molecule has 0 unspecified atom stereocenters. The Hall–Kier alpha value is -5.43. The van der Waals surface area contributed by atoms with Crippen molar-refractivity contribution in [3.05, 3.63) is 137 Å². The Kier molecular flexibility index (Phi) is 9.32. The van der Waals surface area contributed by atoms with Crippen LogP contribution in [-0.2, 0) is 6.18 Å². The molecule has 8 rings (SSSR count). The van der Waals surface area contributed by atoms with E-state index in [1.165, 1.54) is 18.2 Å². The van der Waals surface area contributed by atoms with Gasteiger partial charge in [-0.3, -0.25) is 0 Å². The van der Waals surface area contributed by atoms with Gasteiger partial charge in [0.05, 0.1) is 39.0 Å². The van der Waals surface area contributed by atoms with E-state index >= 15 is 22.0 Å². The molecule has 2 nitrogen and oxygen atoms in total. The van der Waals surface area contributed by atoms with Crippen LogP contribution in [0.25, 0.3) is 66.1 Å². The highest BCUT2D eigenvalue weighted by atomic mass is 19.4. The fourth-order valence-corrected chi connectivity index (χ4v) is 10.4. The van der Waals surface area contributed by atoms with Crippen molar-refractivity contribution in [2.75, 3.05) is 0 Å². The van der Waals surface area contributed by atoms with Gasteiger partial charge in [0.15, 0.2) is 0 Å². The summed E-state index contributed by atoms with van der Waals surface area (Å²) < 4.78 is 86.7. The van der Waals surface area contributed by atoms with Crippen LogP contribution in [0.1, 0.15) is 94.6 Å². The summed E-state index contributed by atoms with van der Waals surface area (Å²) in [7, 11) is 0. The SMILES string of the molecule is Cc1c(C)c(C)c2c(c1C)c1c(C)c(C)c(C)c(C)c1n2-c1cc(-c2c(F)cccc2F)cc(-n2c3c(C)c(C)c(C)c(C)c3c3c(C)c(C)c(C)c(C)c32)c1C(F)(F)F. The molecule has 0 N–H and O–H groups in total. The van der Waals surface area contributed by atoms with E-state index in [0.717, 1.165) is 123 Å². The maximum Gasteiger partial charge on any atom is 0.420 e. The van der Waals surface area contributed by atoms with Gasteiger partial charge in [0.2, 0.25) is 0 Å². The van der Waals surface area contributed by atoms with Gasteiger partial charge in [-0.2, -0.15) is 13.2 Å². The zero-order valence-corrected chi connectivity index (χ0v) is 37.7. The summed E-state index contributed by atoms with van der Waals surface area (Å²) in [6.07, 6.45) is -4.93. The molecule has 0 saturated carbocycles. The molecule has 0 atom stereocenters. The minimum Gasteiger partial charge on any atom is -0.308 e. The second-order valence-corrected chi connectivity index (χ2v) is 17.5. The summed E-state index contributed by atoms with van der Waals surface area (Å²) in [6, 6.07) is 6.35. The summed E-state index contributed by atoms with van der Waals surface area (Å²) >= 11 is 0. The van der Waals surface area contributed by atoms with Crippen molar-refractivity contribution in [3.8, 4) is 22.5 Å². The van der Waals surface area contributed by atoms with E-state index in [2.05, 4.69) is 27.7 Å². The highest BCUT2D eigenvalue weighted by Crippen LogP contribution is 2.51. The molecule has 8 aromatic rings. The predicted octanol–water partition coefficient (Wildman–Crippen LogP) is 15.8. The number of alkyl halides is 3. The van der Waals surface area contributed by atoms with Crippen LogP contribution in [-0.4, -0.2) is 9.13 Å². The first-order valence-electron chi connectivity index (χ1n) is 20.7. The number of hydrogen-bond donors (Lipinski definition) is 0. The zero-order chi connectivity index (χ0) is 44.1. The molecule has 0 fully saturated rings. The molecule has 2 aromatic heterocycles. The predicted molar refractivity (Wildman–Crippen MR) is 241 cm³/mol. The van der Waals surface area contributed by atoms with Gasteiger partial charge in [-0.1, -0.05) is 6.07 Å². The molecular weight excluding hydrogens is 760 g/mol. The molecule has 2 heterocycles. The number of hydrogen-bond acceptors (Lipinski definition) is 0. The van der Waals surface area contributed by atoms with Gasteiger partial charge in [-0.25, -0.2) is 8.78 Å². The molecule has 0 amide bonds. The average Bonchev–Trinajstić information content (AvgIpc) is 3.75. The van der Waals surface area contributed by atoms with Gasteiger partial charge in [0.1, 0.15) is 17.2 Å². The van der Waals surface area contributed by atoms with Gasteiger partial charge in [-0.15, -0.1) is 0 Å². The molecule has 0 aliphatic heterocycles. The third-order valence-corrected chi connectivity index (χ3v) is 15.1. The maximum atomic E-state index is 16.9. The summed E-state index contributed by atoms with van der Waals surface area (Å²) in [5.74, 6) is -1.71. The van der Waals surface area contributed by atoms with Crippen LogP contribution in [0.3, 0.4) is 0 Å². The van der Waals surface area contributed by atoms with Crippen molar-refractivity contribution < 1.29 is 22.0 Å². The maximum absolute atomic E-state index is 16.9. The Balaban J connectivity index is 1.78. The van der Waals surface area contributed by atoms with Crippen LogP contribution in [0.15, 0.2) is 30.3 Å². The van der Waals surface area contributed by atoms with Gasteiger partial charge >= 0.3 is 6.18 Å². The van der Waals surface area contributed by atoms with E-state index in [9.17, 15) is 0 Å². The van der Waals surface area contributed by atoms with Crippen LogP contribution in [0, 0.1) is 122 Å². The van der Waals surface area contributed by atoms with Gasteiger partial charge in [0, 0.05) is 21.5 Å². The van der Waals surface area contributed by atoms with Crippen LogP contribution in [0.4, 0.5) is 22.0 Å². The highest BCUT2D eigenvalue weighted by Gasteiger charge is 2.41. The number of aromatic nitrogens is 2. The number of benzene rings is 6. The standard InChI is InChI=1S/C53H53F5N2/c1-22-26(5)34(13)49-43(30(22)9)44-31(10)23(2)27(6)35(14)50(44)59(49)41-20-38(47-39(54)18-17-19-40(47)55)21-42(48(41)53(56,57)58)60-51-36(15)28(7)24(3)32(11)45(51)46-33(12)25(4)29(8)37(16)52(46)60/h17-21H,1-16H3. The Morgan fingerprint density at radius 2 is 0.617 bits per heavy atom. The number of fused-ring (bicyclic) bond motifs is 6. The third kappa shape index (κ3) is 5.29. The smallest absolute Gasteiger partial charge is 0.308 e. The molecular formula is C53H53F5N2. The Morgan fingerprint density at radius 1 is 0.367 bits per heavy atom. The first-order chi connectivity index (χ1) is 28.0. The molecule has 0 saturated heterocycles. The lowest BCUT2D eigenvalue weighted by molar-refractivity contribution is -0.137. The van der Waals surface area contributed by atoms with E-state index < -0.39 is 23.4 Å². The lowest BCUT2D eigenvalue weighted by Crippen LogP contribution is -2.17. The first-order valence-corrected chi connectivity index (χ1v) is 20.7. The number of halogens is 5. The van der Waals surface area contributed by atoms with E-state index in [0.29, 0.717) is 22.1 Å². The number of rotatable bonds is 3. The second kappa shape index (κ2) is 13.5. The topological polar surface area (TPSA) is 9.86 Å². The monoisotopic (exact) mass is 812 g/mol. The first kappa shape index (κ1) is 41.3. The molecule has 6 aromatic carbocycles. The normalized spacial score (nSPS) is 12.4. The van der Waals surface area contributed by atoms with E-state index in [1.807, 2.05) is 83.1 Å². The zero-order valence-electron chi connectivity index (χ0n) is 37.7. The molecule has 60 heavy (non-hydrogen) atoms. The van der Waals surface area contributed by atoms with Crippen LogP contribution in [0.2, 0.25) is 0 Å². The molecule has 0 aliphatic carbocycles. The van der Waals surface area contributed by atoms with Crippen LogP contribution in [0.5, 0.6) is 0 Å². The fourth-order valence-electron chi connectivity index (χ4n) is 10.4. The summed E-state index contributed by atoms with van der Waals surface area (Å²) in [5.41, 5.74) is 16.6. The summed E-state index contributed by atoms with van der Waals surface area (Å²) in [4.78, 5) is 0. The van der Waals surface area contributed by atoms with Crippen molar-refractivity contribution >= 4 is 43.6 Å². The van der Waals surface area contributed by atoms with Crippen molar-refractivity contribution in [1.82, 2.24) is 9.13 Å². The largest absolute Gasteiger partial charge is 0.420 e. The molecule has 0 bridgehead atoms.